The number of nitrogens with one attached hydrogen (secondary N) is 1. The first kappa shape index (κ1) is 24.0. The molecule has 1 fully saturated rings. The summed E-state index contributed by atoms with van der Waals surface area (Å²) in [7, 11) is 5.66. The van der Waals surface area contributed by atoms with Crippen LogP contribution in [0.25, 0.3) is 0 Å². The minimum Gasteiger partial charge on any atom is -0.494 e. The van der Waals surface area contributed by atoms with Gasteiger partial charge in [-0.05, 0) is 37.5 Å². The molecule has 1 N–H and O–H groups in total. The van der Waals surface area contributed by atoms with Crippen LogP contribution < -0.4 is 10.1 Å². The minimum absolute atomic E-state index is 0. The number of benzene rings is 1. The molecule has 6 nitrogen and oxygen atoms in total. The molecular formula is C20H35IN4O2. The van der Waals surface area contributed by atoms with Crippen molar-refractivity contribution in [1.82, 2.24) is 15.1 Å². The Hall–Kier alpha value is -1.06. The van der Waals surface area contributed by atoms with Crippen LogP contribution in [0, 0.1) is 0 Å². The van der Waals surface area contributed by atoms with Gasteiger partial charge in [-0.15, -0.1) is 24.0 Å². The molecule has 0 spiro atoms. The molecule has 1 aromatic carbocycles. The molecule has 0 atom stereocenters. The SMILES string of the molecule is CCOc1ccc(CN(C)C(=NC)NCCN(CCOC)C2CC2)cc1.I. The predicted octanol–water partition coefficient (Wildman–Crippen LogP) is 2.82. The van der Waals surface area contributed by atoms with Gasteiger partial charge >= 0.3 is 0 Å². The van der Waals surface area contributed by atoms with E-state index in [4.69, 9.17) is 9.47 Å². The second-order valence-electron chi connectivity index (χ2n) is 6.67. The van der Waals surface area contributed by atoms with E-state index in [-0.39, 0.29) is 24.0 Å². The minimum atomic E-state index is 0. The molecule has 0 amide bonds. The van der Waals surface area contributed by atoms with Crippen molar-refractivity contribution in [3.05, 3.63) is 29.8 Å². The van der Waals surface area contributed by atoms with Gasteiger partial charge in [0.15, 0.2) is 5.96 Å². The van der Waals surface area contributed by atoms with Crippen molar-refractivity contribution in [2.45, 2.75) is 32.4 Å². The maximum absolute atomic E-state index is 5.50. The highest BCUT2D eigenvalue weighted by Gasteiger charge is 2.28. The lowest BCUT2D eigenvalue weighted by Crippen LogP contribution is -2.43. The molecule has 27 heavy (non-hydrogen) atoms. The number of methoxy groups -OCH3 is 1. The van der Waals surface area contributed by atoms with E-state index >= 15 is 0 Å². The molecule has 7 heteroatoms. The molecule has 0 unspecified atom stereocenters. The third kappa shape index (κ3) is 8.66. The summed E-state index contributed by atoms with van der Waals surface area (Å²) in [6.07, 6.45) is 2.63. The third-order valence-electron chi connectivity index (χ3n) is 4.56. The van der Waals surface area contributed by atoms with E-state index in [2.05, 4.69) is 39.3 Å². The van der Waals surface area contributed by atoms with Crippen LogP contribution in [0.2, 0.25) is 0 Å². The summed E-state index contributed by atoms with van der Waals surface area (Å²) in [5.74, 6) is 1.83. The fraction of sp³-hybridized carbons (Fsp3) is 0.650. The Labute approximate surface area is 181 Å². The van der Waals surface area contributed by atoms with Gasteiger partial charge in [0.2, 0.25) is 0 Å². The Kier molecular flexibility index (Phi) is 11.7. The van der Waals surface area contributed by atoms with Crippen LogP contribution in [0.5, 0.6) is 5.75 Å². The summed E-state index contributed by atoms with van der Waals surface area (Å²) in [6.45, 7) is 7.20. The standard InChI is InChI=1S/C20H34N4O2.HI/c1-5-26-19-10-6-17(7-11-19)16-23(3)20(21-2)22-12-13-24(14-15-25-4)18-8-9-18;/h6-7,10-11,18H,5,8-9,12-16H2,1-4H3,(H,21,22);1H. The number of nitrogens with zero attached hydrogens (tertiary/aromatic N) is 3. The molecule has 2 rings (SSSR count). The molecule has 154 valence electrons. The number of ether oxygens (including phenoxy) is 2. The van der Waals surface area contributed by atoms with E-state index in [0.29, 0.717) is 6.61 Å². The predicted molar refractivity (Wildman–Crippen MR) is 122 cm³/mol. The molecule has 0 aliphatic heterocycles. The number of aliphatic imine (C=N–C) groups is 1. The quantitative estimate of drug-likeness (QED) is 0.294. The Bertz CT molecular complexity index is 549. The number of hydrogen-bond donors (Lipinski definition) is 1. The van der Waals surface area contributed by atoms with Crippen molar-refractivity contribution < 1.29 is 9.47 Å². The average Bonchev–Trinajstić information content (AvgIpc) is 3.48. The van der Waals surface area contributed by atoms with Crippen molar-refractivity contribution in [1.29, 1.82) is 0 Å². The summed E-state index contributed by atoms with van der Waals surface area (Å²) >= 11 is 0. The van der Waals surface area contributed by atoms with E-state index in [1.807, 2.05) is 26.1 Å². The van der Waals surface area contributed by atoms with E-state index in [0.717, 1.165) is 50.5 Å². The molecule has 1 aliphatic rings. The topological polar surface area (TPSA) is 49.3 Å². The van der Waals surface area contributed by atoms with Crippen molar-refractivity contribution in [3.63, 3.8) is 0 Å². The van der Waals surface area contributed by atoms with Gasteiger partial charge in [-0.2, -0.15) is 0 Å². The van der Waals surface area contributed by atoms with Crippen LogP contribution in [0.15, 0.2) is 29.3 Å². The van der Waals surface area contributed by atoms with Gasteiger partial charge in [0.1, 0.15) is 5.75 Å². The Balaban J connectivity index is 0.00000364. The number of halogens is 1. The zero-order chi connectivity index (χ0) is 18.8. The lowest BCUT2D eigenvalue weighted by Gasteiger charge is -2.25. The molecule has 1 aromatic rings. The molecular weight excluding hydrogens is 455 g/mol. The van der Waals surface area contributed by atoms with Crippen LogP contribution in [0.4, 0.5) is 0 Å². The molecule has 0 radical (unpaired) electrons. The van der Waals surface area contributed by atoms with Crippen LogP contribution in [-0.4, -0.2) is 75.9 Å². The third-order valence-corrected chi connectivity index (χ3v) is 4.56. The van der Waals surface area contributed by atoms with Crippen LogP contribution >= 0.6 is 24.0 Å². The Morgan fingerprint density at radius 1 is 1.22 bits per heavy atom. The number of guanidine groups is 1. The maximum Gasteiger partial charge on any atom is 0.193 e. The lowest BCUT2D eigenvalue weighted by atomic mass is 10.2. The highest BCUT2D eigenvalue weighted by molar-refractivity contribution is 14.0. The van der Waals surface area contributed by atoms with Crippen LogP contribution in [0.1, 0.15) is 25.3 Å². The summed E-state index contributed by atoms with van der Waals surface area (Å²) in [4.78, 5) is 9.07. The van der Waals surface area contributed by atoms with Gasteiger partial charge in [0, 0.05) is 53.4 Å². The first-order valence-corrected chi connectivity index (χ1v) is 9.54. The molecule has 0 aromatic heterocycles. The van der Waals surface area contributed by atoms with Crippen molar-refractivity contribution in [2.75, 3.05) is 54.1 Å². The van der Waals surface area contributed by atoms with Gasteiger partial charge < -0.3 is 19.7 Å². The number of hydrogen-bond acceptors (Lipinski definition) is 4. The molecule has 0 heterocycles. The van der Waals surface area contributed by atoms with Gasteiger partial charge in [-0.1, -0.05) is 12.1 Å². The summed E-state index contributed by atoms with van der Waals surface area (Å²) in [5.41, 5.74) is 1.23. The zero-order valence-corrected chi connectivity index (χ0v) is 19.4. The first-order valence-electron chi connectivity index (χ1n) is 9.54. The van der Waals surface area contributed by atoms with Crippen molar-refractivity contribution in [3.8, 4) is 5.75 Å². The Morgan fingerprint density at radius 2 is 1.93 bits per heavy atom. The largest absolute Gasteiger partial charge is 0.494 e. The molecule has 1 aliphatic carbocycles. The fourth-order valence-corrected chi connectivity index (χ4v) is 3.03. The second kappa shape index (κ2) is 13.2. The highest BCUT2D eigenvalue weighted by Crippen LogP contribution is 2.26. The van der Waals surface area contributed by atoms with E-state index in [1.165, 1.54) is 18.4 Å². The van der Waals surface area contributed by atoms with Gasteiger partial charge in [-0.25, -0.2) is 0 Å². The van der Waals surface area contributed by atoms with E-state index < -0.39 is 0 Å². The van der Waals surface area contributed by atoms with Crippen LogP contribution in [0.3, 0.4) is 0 Å². The summed E-state index contributed by atoms with van der Waals surface area (Å²) in [5, 5.41) is 3.48. The van der Waals surface area contributed by atoms with Crippen molar-refractivity contribution in [2.24, 2.45) is 4.99 Å². The first-order chi connectivity index (χ1) is 12.7. The highest BCUT2D eigenvalue weighted by atomic mass is 127. The van der Waals surface area contributed by atoms with Gasteiger partial charge in [-0.3, -0.25) is 9.89 Å². The monoisotopic (exact) mass is 490 g/mol. The lowest BCUT2D eigenvalue weighted by molar-refractivity contribution is 0.144. The second-order valence-corrected chi connectivity index (χ2v) is 6.67. The van der Waals surface area contributed by atoms with Crippen LogP contribution in [-0.2, 0) is 11.3 Å². The number of rotatable bonds is 11. The average molecular weight is 490 g/mol. The zero-order valence-electron chi connectivity index (χ0n) is 17.1. The maximum atomic E-state index is 5.50. The smallest absolute Gasteiger partial charge is 0.193 e. The molecule has 0 saturated heterocycles. The van der Waals surface area contributed by atoms with E-state index in [9.17, 15) is 0 Å². The van der Waals surface area contributed by atoms with Gasteiger partial charge in [0.25, 0.3) is 0 Å². The summed E-state index contributed by atoms with van der Waals surface area (Å²) in [6, 6.07) is 9.00. The van der Waals surface area contributed by atoms with E-state index in [1.54, 1.807) is 7.11 Å². The van der Waals surface area contributed by atoms with Crippen molar-refractivity contribution >= 4 is 29.9 Å². The van der Waals surface area contributed by atoms with Gasteiger partial charge in [0.05, 0.1) is 13.2 Å². The Morgan fingerprint density at radius 3 is 2.48 bits per heavy atom. The molecule has 1 saturated carbocycles. The summed E-state index contributed by atoms with van der Waals surface area (Å²) < 4.78 is 10.7. The normalized spacial score (nSPS) is 14.0. The molecule has 0 bridgehead atoms. The fourth-order valence-electron chi connectivity index (χ4n) is 3.03.